The first-order valence-electron chi connectivity index (χ1n) is 10.7. The Morgan fingerprint density at radius 2 is 2.03 bits per heavy atom. The molecule has 3 aromatic rings. The van der Waals surface area contributed by atoms with Crippen molar-refractivity contribution in [1.82, 2.24) is 19.5 Å². The summed E-state index contributed by atoms with van der Waals surface area (Å²) in [6, 6.07) is 5.81. The second kappa shape index (κ2) is 7.90. The van der Waals surface area contributed by atoms with Crippen LogP contribution in [0.3, 0.4) is 0 Å². The van der Waals surface area contributed by atoms with Gasteiger partial charge >= 0.3 is 0 Å². The van der Waals surface area contributed by atoms with E-state index in [0.717, 1.165) is 28.5 Å². The average Bonchev–Trinajstić information content (AvgIpc) is 3.25. The van der Waals surface area contributed by atoms with Crippen LogP contribution in [0.15, 0.2) is 36.9 Å². The molecule has 4 heterocycles. The van der Waals surface area contributed by atoms with E-state index >= 15 is 0 Å². The predicted molar refractivity (Wildman–Crippen MR) is 120 cm³/mol. The van der Waals surface area contributed by atoms with Gasteiger partial charge in [0.25, 0.3) is 0 Å². The second-order valence-corrected chi connectivity index (χ2v) is 8.28. The van der Waals surface area contributed by atoms with Crippen LogP contribution < -0.4 is 15.0 Å². The van der Waals surface area contributed by atoms with Gasteiger partial charge in [-0.15, -0.1) is 0 Å². The molecule has 0 unspecified atom stereocenters. The summed E-state index contributed by atoms with van der Waals surface area (Å²) in [4.78, 5) is 28.5. The molecule has 5 rings (SSSR count). The van der Waals surface area contributed by atoms with Crippen molar-refractivity contribution in [3.63, 3.8) is 0 Å². The summed E-state index contributed by atoms with van der Waals surface area (Å²) in [5.74, 6) is 2.19. The van der Waals surface area contributed by atoms with Crippen molar-refractivity contribution < 1.29 is 14.3 Å². The van der Waals surface area contributed by atoms with Crippen molar-refractivity contribution in [3.8, 4) is 11.4 Å². The molecular weight excluding hydrogens is 408 g/mol. The van der Waals surface area contributed by atoms with E-state index in [1.54, 1.807) is 19.6 Å². The number of nitrogens with zero attached hydrogens (tertiary/aromatic N) is 5. The molecule has 0 amide bonds. The third-order valence-electron chi connectivity index (χ3n) is 6.42. The highest BCUT2D eigenvalue weighted by Crippen LogP contribution is 2.39. The van der Waals surface area contributed by atoms with Gasteiger partial charge in [-0.2, -0.15) is 4.98 Å². The Labute approximate surface area is 186 Å². The van der Waals surface area contributed by atoms with Crippen LogP contribution in [0.5, 0.6) is 5.75 Å². The highest BCUT2D eigenvalue weighted by molar-refractivity contribution is 5.97. The number of likely N-dealkylation sites (N-methyl/N-ethyl adjacent to an activating group) is 1. The number of hydrogen-bond donors (Lipinski definition) is 1. The van der Waals surface area contributed by atoms with Gasteiger partial charge in [-0.1, -0.05) is 0 Å². The molecule has 32 heavy (non-hydrogen) atoms. The molecule has 0 saturated carbocycles. The van der Waals surface area contributed by atoms with Gasteiger partial charge in [0.15, 0.2) is 5.78 Å². The first-order valence-corrected chi connectivity index (χ1v) is 10.7. The number of hydrogen-bond acceptors (Lipinski definition) is 8. The van der Waals surface area contributed by atoms with Crippen LogP contribution in [0, 0.1) is 6.92 Å². The zero-order chi connectivity index (χ0) is 22.3. The van der Waals surface area contributed by atoms with Gasteiger partial charge in [0, 0.05) is 69.2 Å². The summed E-state index contributed by atoms with van der Waals surface area (Å²) < 4.78 is 13.0. The number of methoxy groups -OCH3 is 1. The van der Waals surface area contributed by atoms with Gasteiger partial charge in [-0.05, 0) is 19.1 Å². The van der Waals surface area contributed by atoms with E-state index in [9.17, 15) is 4.79 Å². The van der Waals surface area contributed by atoms with Gasteiger partial charge in [-0.25, -0.2) is 9.97 Å². The molecule has 166 valence electrons. The van der Waals surface area contributed by atoms with Gasteiger partial charge in [0.2, 0.25) is 5.95 Å². The number of ether oxygens (including phenoxy) is 2. The molecule has 1 aromatic carbocycles. The van der Waals surface area contributed by atoms with Gasteiger partial charge in [0.05, 0.1) is 24.8 Å². The molecule has 0 atom stereocenters. The maximum absolute atomic E-state index is 13.0. The Kier molecular flexibility index (Phi) is 5.05. The zero-order valence-electron chi connectivity index (χ0n) is 18.5. The maximum atomic E-state index is 13.0. The lowest BCUT2D eigenvalue weighted by Crippen LogP contribution is -2.59. The molecular formula is C23H26N6O3. The lowest BCUT2D eigenvalue weighted by Gasteiger charge is -2.47. The molecule has 0 bridgehead atoms. The number of Topliss-reactive ketones (excluding diaryl/α,β-unsaturated/α-hetero) is 1. The molecule has 2 aliphatic heterocycles. The number of imidazole rings is 1. The number of nitrogens with one attached hydrogen (secondary N) is 1. The van der Waals surface area contributed by atoms with Crippen LogP contribution in [-0.4, -0.2) is 58.2 Å². The summed E-state index contributed by atoms with van der Waals surface area (Å²) >= 11 is 0. The van der Waals surface area contributed by atoms with E-state index in [-0.39, 0.29) is 5.78 Å². The van der Waals surface area contributed by atoms with Crippen LogP contribution >= 0.6 is 0 Å². The smallest absolute Gasteiger partial charge is 0.229 e. The first kappa shape index (κ1) is 20.4. The van der Waals surface area contributed by atoms with Crippen molar-refractivity contribution >= 4 is 23.2 Å². The molecule has 9 heteroatoms. The SMILES string of the molecule is COc1cc(Nc2ncc3c(n2)N(C)C2(CCOCC2)C(=O)C3)ccc1-n1cnc(C)c1. The number of aromatic nitrogens is 4. The molecule has 2 aromatic heterocycles. The lowest BCUT2D eigenvalue weighted by molar-refractivity contribution is -0.127. The van der Waals surface area contributed by atoms with E-state index in [2.05, 4.69) is 15.3 Å². The topological polar surface area (TPSA) is 94.4 Å². The summed E-state index contributed by atoms with van der Waals surface area (Å²) in [6.07, 6.45) is 7.16. The summed E-state index contributed by atoms with van der Waals surface area (Å²) in [5.41, 5.74) is 2.94. The minimum atomic E-state index is -0.537. The van der Waals surface area contributed by atoms with Crippen LogP contribution in [0.4, 0.5) is 17.5 Å². The zero-order valence-corrected chi connectivity index (χ0v) is 18.5. The van der Waals surface area contributed by atoms with E-state index < -0.39 is 5.54 Å². The van der Waals surface area contributed by atoms with Crippen molar-refractivity contribution in [2.45, 2.75) is 31.7 Å². The molecule has 0 aliphatic carbocycles. The Balaban J connectivity index is 1.43. The summed E-state index contributed by atoms with van der Waals surface area (Å²) in [7, 11) is 3.59. The Bertz CT molecular complexity index is 1170. The molecule has 1 spiro atoms. The van der Waals surface area contributed by atoms with E-state index in [4.69, 9.17) is 14.5 Å². The summed E-state index contributed by atoms with van der Waals surface area (Å²) in [5, 5.41) is 3.27. The Morgan fingerprint density at radius 3 is 2.75 bits per heavy atom. The fraction of sp³-hybridized carbons (Fsp3) is 0.391. The van der Waals surface area contributed by atoms with E-state index in [1.165, 1.54) is 0 Å². The van der Waals surface area contributed by atoms with Crippen molar-refractivity contribution in [1.29, 1.82) is 0 Å². The number of aryl methyl sites for hydroxylation is 1. The Morgan fingerprint density at radius 1 is 1.22 bits per heavy atom. The molecule has 0 radical (unpaired) electrons. The van der Waals surface area contributed by atoms with Gasteiger partial charge in [0.1, 0.15) is 17.1 Å². The molecule has 1 saturated heterocycles. The predicted octanol–water partition coefficient (Wildman–Crippen LogP) is 2.83. The molecule has 2 aliphatic rings. The van der Waals surface area contributed by atoms with E-state index in [1.807, 2.05) is 47.8 Å². The highest BCUT2D eigenvalue weighted by Gasteiger charge is 2.47. The number of carbonyl (C=O) groups is 1. The molecule has 9 nitrogen and oxygen atoms in total. The van der Waals surface area contributed by atoms with Crippen LogP contribution in [0.2, 0.25) is 0 Å². The fourth-order valence-corrected chi connectivity index (χ4v) is 4.57. The number of fused-ring (bicyclic) bond motifs is 1. The number of carbonyl (C=O) groups excluding carboxylic acids is 1. The fourth-order valence-electron chi connectivity index (χ4n) is 4.57. The van der Waals surface area contributed by atoms with Crippen LogP contribution in [0.1, 0.15) is 24.1 Å². The lowest BCUT2D eigenvalue weighted by atomic mass is 9.79. The number of anilines is 3. The molecule has 1 fully saturated rings. The van der Waals surface area contributed by atoms with Gasteiger partial charge in [-0.3, -0.25) is 4.79 Å². The minimum absolute atomic E-state index is 0.218. The standard InChI is InChI=1S/C23H26N6O3/c1-15-13-29(14-25-15)18-5-4-17(11-19(18)31-3)26-22-24-12-16-10-20(30)23(6-8-32-9-7-23)28(2)21(16)27-22/h4-5,11-14H,6-10H2,1-3H3,(H,24,26,27). The quantitative estimate of drug-likeness (QED) is 0.670. The number of rotatable bonds is 4. The monoisotopic (exact) mass is 434 g/mol. The number of benzene rings is 1. The normalized spacial score (nSPS) is 17.3. The third-order valence-corrected chi connectivity index (χ3v) is 6.42. The second-order valence-electron chi connectivity index (χ2n) is 8.28. The van der Waals surface area contributed by atoms with Crippen molar-refractivity contribution in [2.75, 3.05) is 37.6 Å². The maximum Gasteiger partial charge on any atom is 0.229 e. The summed E-state index contributed by atoms with van der Waals surface area (Å²) in [6.45, 7) is 3.12. The third kappa shape index (κ3) is 3.38. The van der Waals surface area contributed by atoms with Crippen molar-refractivity contribution in [3.05, 3.63) is 48.2 Å². The minimum Gasteiger partial charge on any atom is -0.494 e. The van der Waals surface area contributed by atoms with E-state index in [0.29, 0.717) is 44.2 Å². The first-order chi connectivity index (χ1) is 15.5. The highest BCUT2D eigenvalue weighted by atomic mass is 16.5. The average molecular weight is 435 g/mol. The largest absolute Gasteiger partial charge is 0.494 e. The van der Waals surface area contributed by atoms with Crippen LogP contribution in [0.25, 0.3) is 5.69 Å². The Hall–Kier alpha value is -3.46. The van der Waals surface area contributed by atoms with Crippen molar-refractivity contribution in [2.24, 2.45) is 0 Å². The number of ketones is 1. The van der Waals surface area contributed by atoms with Gasteiger partial charge < -0.3 is 24.3 Å². The van der Waals surface area contributed by atoms with Crippen LogP contribution in [-0.2, 0) is 16.0 Å². The molecule has 1 N–H and O–H groups in total.